The second-order valence-electron chi connectivity index (χ2n) is 3.04. The Bertz CT molecular complexity index is 486. The maximum Gasteiger partial charge on any atom is 0.281 e. The fraction of sp³-hybridized carbons (Fsp3) is 0.200. The van der Waals surface area contributed by atoms with Gasteiger partial charge in [-0.15, -0.1) is 0 Å². The molecule has 0 aliphatic heterocycles. The van der Waals surface area contributed by atoms with Crippen molar-refractivity contribution in [2.75, 3.05) is 12.4 Å². The molecule has 6 nitrogen and oxygen atoms in total. The van der Waals surface area contributed by atoms with E-state index in [9.17, 15) is 19.7 Å². The molecule has 7 heteroatoms. The molecular formula is C10H8BrNO5. The van der Waals surface area contributed by atoms with E-state index in [1.807, 2.05) is 0 Å². The third kappa shape index (κ3) is 2.68. The molecule has 0 heterocycles. The normalized spacial score (nSPS) is 9.76. The van der Waals surface area contributed by atoms with Crippen molar-refractivity contribution in [1.82, 2.24) is 0 Å². The number of ether oxygens (including phenoxy) is 1. The minimum atomic E-state index is -0.706. The van der Waals surface area contributed by atoms with Gasteiger partial charge in [0.2, 0.25) is 0 Å². The minimum Gasteiger partial charge on any atom is -0.496 e. The number of hydrogen-bond donors (Lipinski definition) is 0. The first kappa shape index (κ1) is 13.3. The van der Waals surface area contributed by atoms with Gasteiger partial charge in [0, 0.05) is 6.07 Å². The molecule has 0 spiro atoms. The summed E-state index contributed by atoms with van der Waals surface area (Å²) in [5.74, 6) is -0.317. The zero-order valence-corrected chi connectivity index (χ0v) is 10.4. The number of Topliss-reactive ketones (excluding diaryl/α,β-unsaturated/α-hetero) is 1. The summed E-state index contributed by atoms with van der Waals surface area (Å²) in [7, 11) is 1.32. The molecule has 1 rings (SSSR count). The van der Waals surface area contributed by atoms with Crippen LogP contribution in [0.4, 0.5) is 5.69 Å². The number of hydrogen-bond acceptors (Lipinski definition) is 5. The Labute approximate surface area is 105 Å². The van der Waals surface area contributed by atoms with Crippen LogP contribution >= 0.6 is 15.9 Å². The highest BCUT2D eigenvalue weighted by atomic mass is 79.9. The second-order valence-corrected chi connectivity index (χ2v) is 3.60. The van der Waals surface area contributed by atoms with Gasteiger partial charge < -0.3 is 4.74 Å². The number of nitro groups is 1. The summed E-state index contributed by atoms with van der Waals surface area (Å²) >= 11 is 2.93. The summed E-state index contributed by atoms with van der Waals surface area (Å²) in [4.78, 5) is 32.3. The number of ketones is 1. The lowest BCUT2D eigenvalue weighted by Gasteiger charge is -2.06. The van der Waals surface area contributed by atoms with Crippen molar-refractivity contribution < 1.29 is 19.2 Å². The maximum absolute atomic E-state index is 11.5. The smallest absolute Gasteiger partial charge is 0.281 e. The van der Waals surface area contributed by atoms with Gasteiger partial charge >= 0.3 is 0 Å². The highest BCUT2D eigenvalue weighted by molar-refractivity contribution is 9.09. The third-order valence-corrected chi connectivity index (χ3v) is 2.60. The Balaban J connectivity index is 3.50. The number of benzene rings is 1. The Morgan fingerprint density at radius 3 is 2.65 bits per heavy atom. The van der Waals surface area contributed by atoms with Crippen LogP contribution in [0.5, 0.6) is 5.75 Å². The molecule has 0 unspecified atom stereocenters. The van der Waals surface area contributed by atoms with Crippen LogP contribution in [0.1, 0.15) is 20.7 Å². The van der Waals surface area contributed by atoms with E-state index in [0.717, 1.165) is 6.07 Å². The van der Waals surface area contributed by atoms with Gasteiger partial charge in [0.15, 0.2) is 12.1 Å². The predicted octanol–water partition coefficient (Wildman–Crippen LogP) is 1.99. The van der Waals surface area contributed by atoms with Crippen LogP contribution < -0.4 is 4.74 Å². The molecule has 0 aromatic heterocycles. The molecule has 0 radical (unpaired) electrons. The largest absolute Gasteiger partial charge is 0.496 e. The quantitative estimate of drug-likeness (QED) is 0.273. The molecule has 0 saturated heterocycles. The Hall–Kier alpha value is -1.76. The summed E-state index contributed by atoms with van der Waals surface area (Å²) in [6.45, 7) is 0. The van der Waals surface area contributed by atoms with Gasteiger partial charge in [-0.25, -0.2) is 0 Å². The number of carbonyl (C=O) groups excluding carboxylic acids is 2. The van der Waals surface area contributed by atoms with E-state index < -0.39 is 16.4 Å². The summed E-state index contributed by atoms with van der Waals surface area (Å²) < 4.78 is 4.88. The summed E-state index contributed by atoms with van der Waals surface area (Å²) in [6.07, 6.45) is 0.439. The van der Waals surface area contributed by atoms with Crippen LogP contribution in [0.25, 0.3) is 0 Å². The molecule has 0 aliphatic carbocycles. The van der Waals surface area contributed by atoms with Crippen LogP contribution in [-0.2, 0) is 0 Å². The van der Waals surface area contributed by atoms with Crippen molar-refractivity contribution in [2.45, 2.75) is 0 Å². The molecule has 17 heavy (non-hydrogen) atoms. The predicted molar refractivity (Wildman–Crippen MR) is 63.2 cm³/mol. The minimum absolute atomic E-state index is 0.0327. The standard InChI is InChI=1S/C10H8BrNO5/c1-17-10-3-7(9(14)4-11)8(12(15)16)2-6(10)5-13/h2-3,5H,4H2,1H3. The summed E-state index contributed by atoms with van der Waals surface area (Å²) in [6, 6.07) is 2.23. The highest BCUT2D eigenvalue weighted by Gasteiger charge is 2.22. The number of halogens is 1. The summed E-state index contributed by atoms with van der Waals surface area (Å²) in [5, 5.41) is 10.7. The number of aldehydes is 1. The fourth-order valence-electron chi connectivity index (χ4n) is 1.30. The molecule has 0 atom stereocenters. The lowest BCUT2D eigenvalue weighted by atomic mass is 10.1. The SMILES string of the molecule is COc1cc(C(=O)CBr)c([N+](=O)[O-])cc1C=O. The molecule has 1 aromatic carbocycles. The number of nitrogens with zero attached hydrogens (tertiary/aromatic N) is 1. The van der Waals surface area contributed by atoms with Crippen molar-refractivity contribution in [3.63, 3.8) is 0 Å². The van der Waals surface area contributed by atoms with Crippen molar-refractivity contribution in [3.8, 4) is 5.75 Å². The zero-order chi connectivity index (χ0) is 13.0. The lowest BCUT2D eigenvalue weighted by molar-refractivity contribution is -0.385. The molecule has 0 saturated carbocycles. The highest BCUT2D eigenvalue weighted by Crippen LogP contribution is 2.28. The van der Waals surface area contributed by atoms with E-state index in [-0.39, 0.29) is 22.2 Å². The van der Waals surface area contributed by atoms with Gasteiger partial charge in [0.05, 0.1) is 28.5 Å². The van der Waals surface area contributed by atoms with Crippen molar-refractivity contribution in [2.24, 2.45) is 0 Å². The maximum atomic E-state index is 11.5. The Morgan fingerprint density at radius 1 is 1.59 bits per heavy atom. The number of alkyl halides is 1. The molecule has 0 aliphatic rings. The van der Waals surface area contributed by atoms with Crippen LogP contribution in [0.2, 0.25) is 0 Å². The van der Waals surface area contributed by atoms with Crippen LogP contribution in [0, 0.1) is 10.1 Å². The second kappa shape index (κ2) is 5.53. The molecule has 0 fully saturated rings. The number of rotatable bonds is 5. The van der Waals surface area contributed by atoms with E-state index in [1.165, 1.54) is 13.2 Å². The van der Waals surface area contributed by atoms with E-state index in [0.29, 0.717) is 6.29 Å². The molecule has 90 valence electrons. The molecule has 1 aromatic rings. The number of methoxy groups -OCH3 is 1. The number of nitro benzene ring substituents is 1. The van der Waals surface area contributed by atoms with Crippen LogP contribution in [0.3, 0.4) is 0 Å². The van der Waals surface area contributed by atoms with Gasteiger partial charge in [-0.3, -0.25) is 19.7 Å². The van der Waals surface area contributed by atoms with Gasteiger partial charge in [0.25, 0.3) is 5.69 Å². The molecule has 0 N–H and O–H groups in total. The molecule has 0 amide bonds. The average Bonchev–Trinajstić information content (AvgIpc) is 2.35. The van der Waals surface area contributed by atoms with E-state index >= 15 is 0 Å². The zero-order valence-electron chi connectivity index (χ0n) is 8.81. The van der Waals surface area contributed by atoms with Crippen LogP contribution in [-0.4, -0.2) is 29.4 Å². The molecular weight excluding hydrogens is 294 g/mol. The molecule has 0 bridgehead atoms. The van der Waals surface area contributed by atoms with Gasteiger partial charge in [-0.1, -0.05) is 15.9 Å². The average molecular weight is 302 g/mol. The van der Waals surface area contributed by atoms with Crippen molar-refractivity contribution in [1.29, 1.82) is 0 Å². The first-order valence-electron chi connectivity index (χ1n) is 4.46. The van der Waals surface area contributed by atoms with E-state index in [4.69, 9.17) is 4.74 Å². The van der Waals surface area contributed by atoms with Gasteiger partial charge in [0.1, 0.15) is 5.75 Å². The monoisotopic (exact) mass is 301 g/mol. The van der Waals surface area contributed by atoms with E-state index in [2.05, 4.69) is 15.9 Å². The fourth-order valence-corrected chi connectivity index (χ4v) is 1.60. The third-order valence-electron chi connectivity index (χ3n) is 2.09. The van der Waals surface area contributed by atoms with Crippen molar-refractivity contribution >= 4 is 33.7 Å². The first-order valence-corrected chi connectivity index (χ1v) is 5.58. The Morgan fingerprint density at radius 2 is 2.24 bits per heavy atom. The van der Waals surface area contributed by atoms with Gasteiger partial charge in [-0.2, -0.15) is 0 Å². The van der Waals surface area contributed by atoms with Crippen molar-refractivity contribution in [3.05, 3.63) is 33.4 Å². The number of carbonyl (C=O) groups is 2. The van der Waals surface area contributed by atoms with Crippen LogP contribution in [0.15, 0.2) is 12.1 Å². The van der Waals surface area contributed by atoms with E-state index in [1.54, 1.807) is 0 Å². The summed E-state index contributed by atoms with van der Waals surface area (Å²) in [5.41, 5.74) is -0.461. The van der Waals surface area contributed by atoms with Gasteiger partial charge in [-0.05, 0) is 6.07 Å². The lowest BCUT2D eigenvalue weighted by Crippen LogP contribution is -2.07. The topological polar surface area (TPSA) is 86.5 Å². The Kier molecular flexibility index (Phi) is 4.33. The first-order chi connectivity index (χ1) is 8.04.